The van der Waals surface area contributed by atoms with E-state index in [4.69, 9.17) is 11.6 Å². The van der Waals surface area contributed by atoms with Gasteiger partial charge in [0.25, 0.3) is 11.8 Å². The van der Waals surface area contributed by atoms with E-state index in [-0.39, 0.29) is 18.1 Å². The molecule has 35 heavy (non-hydrogen) atoms. The normalized spacial score (nSPS) is 18.5. The number of H-pyrrole nitrogens is 1. The largest absolute Gasteiger partial charge is 0.348 e. The summed E-state index contributed by atoms with van der Waals surface area (Å²) >= 11 is 9.41. The minimum Gasteiger partial charge on any atom is -0.348 e. The molecular formula is C24H29BrClN7O2. The second kappa shape index (κ2) is 12.0. The van der Waals surface area contributed by atoms with Crippen molar-refractivity contribution in [3.63, 3.8) is 0 Å². The zero-order valence-electron chi connectivity index (χ0n) is 19.4. The van der Waals surface area contributed by atoms with Crippen LogP contribution in [0.1, 0.15) is 53.0 Å². The highest BCUT2D eigenvalue weighted by Gasteiger charge is 2.29. The fraction of sp³-hybridized carbons (Fsp3) is 0.500. The van der Waals surface area contributed by atoms with E-state index in [0.717, 1.165) is 25.9 Å². The van der Waals surface area contributed by atoms with Crippen molar-refractivity contribution in [1.29, 1.82) is 5.26 Å². The van der Waals surface area contributed by atoms with Crippen LogP contribution in [0.5, 0.6) is 0 Å². The maximum atomic E-state index is 12.8. The molecule has 2 aliphatic rings. The lowest BCUT2D eigenvalue weighted by Gasteiger charge is -2.41. The van der Waals surface area contributed by atoms with E-state index in [2.05, 4.69) is 52.6 Å². The summed E-state index contributed by atoms with van der Waals surface area (Å²) in [6.07, 6.45) is 5.98. The molecule has 2 aliphatic heterocycles. The van der Waals surface area contributed by atoms with Gasteiger partial charge in [-0.2, -0.15) is 10.4 Å². The number of anilines is 1. The number of carbonyl (C=O) groups excluding carboxylic acids is 2. The number of benzene rings is 1. The average Bonchev–Trinajstić information content (AvgIpc) is 3.25. The molecule has 4 rings (SSSR count). The fourth-order valence-electron chi connectivity index (χ4n) is 4.76. The van der Waals surface area contributed by atoms with Gasteiger partial charge < -0.3 is 15.5 Å². The number of hydrogen-bond acceptors (Lipinski definition) is 6. The third-order valence-corrected chi connectivity index (χ3v) is 7.84. The third kappa shape index (κ3) is 6.22. The molecule has 0 spiro atoms. The number of aromatic amines is 1. The van der Waals surface area contributed by atoms with Crippen LogP contribution in [0.3, 0.4) is 0 Å². The molecule has 0 aliphatic carbocycles. The quantitative estimate of drug-likeness (QED) is 0.474. The third-order valence-electron chi connectivity index (χ3n) is 6.74. The molecule has 1 aromatic carbocycles. The van der Waals surface area contributed by atoms with Gasteiger partial charge in [0, 0.05) is 25.7 Å². The molecule has 1 atom stereocenters. The summed E-state index contributed by atoms with van der Waals surface area (Å²) in [5, 5.41) is 22.2. The van der Waals surface area contributed by atoms with Crippen molar-refractivity contribution in [3.05, 3.63) is 45.0 Å². The van der Waals surface area contributed by atoms with Crippen LogP contribution in [0.25, 0.3) is 0 Å². The standard InChI is InChI=1S/C24H29BrClN7O2/c25-20-21(30-31-22(20)29-23(34)18-6-2-3-7-19(18)26)24(35)28-15-17(14-27)33-12-8-16(9-13-33)32-10-4-1-5-11-32/h2-3,6-7,16-17H,1,4-5,8-13,15H2,(H,28,35)(H2,29,30,31,34). The van der Waals surface area contributed by atoms with Crippen molar-refractivity contribution < 1.29 is 9.59 Å². The molecule has 0 saturated carbocycles. The van der Waals surface area contributed by atoms with Crippen molar-refractivity contribution in [1.82, 2.24) is 25.3 Å². The maximum Gasteiger partial charge on any atom is 0.270 e. The van der Waals surface area contributed by atoms with Gasteiger partial charge in [0.05, 0.1) is 21.1 Å². The van der Waals surface area contributed by atoms with E-state index >= 15 is 0 Å². The Morgan fingerprint density at radius 3 is 2.57 bits per heavy atom. The highest BCUT2D eigenvalue weighted by molar-refractivity contribution is 9.10. The van der Waals surface area contributed by atoms with Crippen LogP contribution in [0.2, 0.25) is 5.02 Å². The Balaban J connectivity index is 1.29. The summed E-state index contributed by atoms with van der Waals surface area (Å²) < 4.78 is 0.325. The van der Waals surface area contributed by atoms with E-state index < -0.39 is 17.9 Å². The van der Waals surface area contributed by atoms with Crippen LogP contribution < -0.4 is 10.6 Å². The zero-order valence-corrected chi connectivity index (χ0v) is 21.7. The molecule has 9 nitrogen and oxygen atoms in total. The van der Waals surface area contributed by atoms with Crippen molar-refractivity contribution in [3.8, 4) is 6.07 Å². The molecule has 3 N–H and O–H groups in total. The van der Waals surface area contributed by atoms with Gasteiger partial charge in [-0.1, -0.05) is 30.2 Å². The predicted octanol–water partition coefficient (Wildman–Crippen LogP) is 3.65. The van der Waals surface area contributed by atoms with Gasteiger partial charge in [0.2, 0.25) is 0 Å². The van der Waals surface area contributed by atoms with Gasteiger partial charge >= 0.3 is 0 Å². The zero-order chi connectivity index (χ0) is 24.8. The molecule has 2 saturated heterocycles. The minimum absolute atomic E-state index is 0.167. The summed E-state index contributed by atoms with van der Waals surface area (Å²) in [5.74, 6) is -0.671. The summed E-state index contributed by atoms with van der Waals surface area (Å²) in [5.41, 5.74) is 0.468. The number of piperidine rings is 2. The lowest BCUT2D eigenvalue weighted by atomic mass is 9.99. The Kier molecular flexibility index (Phi) is 8.78. The molecule has 11 heteroatoms. The second-order valence-electron chi connectivity index (χ2n) is 8.91. The number of rotatable bonds is 7. The monoisotopic (exact) mass is 561 g/mol. The van der Waals surface area contributed by atoms with Gasteiger partial charge in [0.15, 0.2) is 5.82 Å². The lowest BCUT2D eigenvalue weighted by molar-refractivity contribution is 0.0793. The molecule has 2 fully saturated rings. The summed E-state index contributed by atoms with van der Waals surface area (Å²) in [6, 6.07) is 9.20. The van der Waals surface area contributed by atoms with Gasteiger partial charge in [-0.05, 0) is 66.8 Å². The summed E-state index contributed by atoms with van der Waals surface area (Å²) in [6.45, 7) is 4.27. The molecule has 3 heterocycles. The van der Waals surface area contributed by atoms with Crippen LogP contribution in [0.4, 0.5) is 5.82 Å². The van der Waals surface area contributed by atoms with E-state index in [1.807, 2.05) is 0 Å². The number of halogens is 2. The van der Waals surface area contributed by atoms with Crippen molar-refractivity contribution in [2.45, 2.75) is 44.2 Å². The number of carbonyl (C=O) groups is 2. The maximum absolute atomic E-state index is 12.8. The van der Waals surface area contributed by atoms with Crippen molar-refractivity contribution in [2.75, 3.05) is 38.0 Å². The first kappa shape index (κ1) is 25.6. The molecule has 1 aromatic heterocycles. The second-order valence-corrected chi connectivity index (χ2v) is 10.1. The van der Waals surface area contributed by atoms with Crippen molar-refractivity contribution >= 4 is 45.2 Å². The summed E-state index contributed by atoms with van der Waals surface area (Å²) in [4.78, 5) is 30.0. The Morgan fingerprint density at radius 1 is 1.17 bits per heavy atom. The smallest absolute Gasteiger partial charge is 0.270 e. The topological polar surface area (TPSA) is 117 Å². The molecule has 2 amide bonds. The lowest BCUT2D eigenvalue weighted by Crippen LogP contribution is -2.51. The average molecular weight is 563 g/mol. The first-order chi connectivity index (χ1) is 17.0. The Morgan fingerprint density at radius 2 is 1.89 bits per heavy atom. The number of nitriles is 1. The van der Waals surface area contributed by atoms with Crippen LogP contribution in [-0.4, -0.2) is 76.6 Å². The van der Waals surface area contributed by atoms with Gasteiger partial charge in [0.1, 0.15) is 11.7 Å². The molecule has 0 radical (unpaired) electrons. The fourth-order valence-corrected chi connectivity index (χ4v) is 5.44. The van der Waals surface area contributed by atoms with Gasteiger partial charge in [-0.15, -0.1) is 0 Å². The van der Waals surface area contributed by atoms with Gasteiger partial charge in [-0.3, -0.25) is 19.6 Å². The number of amides is 2. The number of likely N-dealkylation sites (tertiary alicyclic amines) is 2. The van der Waals surface area contributed by atoms with E-state index in [1.165, 1.54) is 32.4 Å². The Labute approximate surface area is 218 Å². The highest BCUT2D eigenvalue weighted by Crippen LogP contribution is 2.26. The van der Waals surface area contributed by atoms with Crippen LogP contribution in [-0.2, 0) is 0 Å². The van der Waals surface area contributed by atoms with Crippen LogP contribution in [0, 0.1) is 11.3 Å². The number of nitrogens with zero attached hydrogens (tertiary/aromatic N) is 4. The Hall–Kier alpha value is -2.45. The number of nitrogens with one attached hydrogen (secondary N) is 3. The number of aromatic nitrogens is 2. The van der Waals surface area contributed by atoms with Crippen LogP contribution >= 0.6 is 27.5 Å². The summed E-state index contributed by atoms with van der Waals surface area (Å²) in [7, 11) is 0. The molecule has 0 bridgehead atoms. The van der Waals surface area contributed by atoms with Gasteiger partial charge in [-0.25, -0.2) is 0 Å². The first-order valence-electron chi connectivity index (χ1n) is 11.9. The van der Waals surface area contributed by atoms with E-state index in [0.29, 0.717) is 21.1 Å². The Bertz CT molecular complexity index is 1090. The highest BCUT2D eigenvalue weighted by atomic mass is 79.9. The van der Waals surface area contributed by atoms with E-state index in [1.54, 1.807) is 24.3 Å². The first-order valence-corrected chi connectivity index (χ1v) is 13.1. The predicted molar refractivity (Wildman–Crippen MR) is 137 cm³/mol. The molecule has 1 unspecified atom stereocenters. The number of hydrogen-bond donors (Lipinski definition) is 3. The minimum atomic E-state index is -0.438. The van der Waals surface area contributed by atoms with E-state index in [9.17, 15) is 14.9 Å². The van der Waals surface area contributed by atoms with Crippen molar-refractivity contribution in [2.24, 2.45) is 0 Å². The molecule has 186 valence electrons. The molecular weight excluding hydrogens is 534 g/mol. The SMILES string of the molecule is N#CC(CNC(=O)c1[nH]nc(NC(=O)c2ccccc2Cl)c1Br)N1CCC(N2CCCCC2)CC1. The molecule has 2 aromatic rings. The van der Waals surface area contributed by atoms with Crippen LogP contribution in [0.15, 0.2) is 28.7 Å².